The van der Waals surface area contributed by atoms with Crippen LogP contribution in [0.3, 0.4) is 0 Å². The zero-order chi connectivity index (χ0) is 15.1. The molecule has 114 valence electrons. The lowest BCUT2D eigenvalue weighted by atomic mass is 10.1. The molecule has 3 rings (SSSR count). The van der Waals surface area contributed by atoms with Gasteiger partial charge in [0.1, 0.15) is 24.6 Å². The van der Waals surface area contributed by atoms with E-state index in [1.165, 1.54) is 18.0 Å². The van der Waals surface area contributed by atoms with E-state index >= 15 is 0 Å². The first kappa shape index (κ1) is 13.9. The zero-order valence-corrected chi connectivity index (χ0v) is 11.1. The molecule has 0 bridgehead atoms. The van der Waals surface area contributed by atoms with E-state index in [0.29, 0.717) is 11.2 Å². The standard InChI is InChI=1S/C11H15N5O5/c1-20-11-15-5-8(12)13-3-14-9(5)16(11)10-7(19)6(18)4(2-17)21-10/h3-4,6-7,10,17-19H,2H2,1H3,(H2,12,13,14)/t4-,6+,7-,10+/m0/s1. The predicted octanol–water partition coefficient (Wildman–Crippen LogP) is -1.97. The monoisotopic (exact) mass is 297 g/mol. The maximum Gasteiger partial charge on any atom is 0.300 e. The fourth-order valence-corrected chi connectivity index (χ4v) is 2.37. The van der Waals surface area contributed by atoms with E-state index in [0.717, 1.165) is 0 Å². The smallest absolute Gasteiger partial charge is 0.300 e. The number of rotatable bonds is 3. The van der Waals surface area contributed by atoms with Crippen LogP contribution in [0.5, 0.6) is 6.01 Å². The number of aliphatic hydroxyl groups excluding tert-OH is 3. The SMILES string of the molecule is COc1nc2c(N)ncnc2n1[C@@H]1O[C@@H](CO)[C@@H](O)[C@@H]1O. The van der Waals surface area contributed by atoms with Gasteiger partial charge in [-0.1, -0.05) is 0 Å². The van der Waals surface area contributed by atoms with Gasteiger partial charge in [-0.15, -0.1) is 0 Å². The fourth-order valence-electron chi connectivity index (χ4n) is 2.37. The van der Waals surface area contributed by atoms with Crippen LogP contribution in [0.2, 0.25) is 0 Å². The Morgan fingerprint density at radius 3 is 2.76 bits per heavy atom. The molecule has 1 aliphatic rings. The summed E-state index contributed by atoms with van der Waals surface area (Å²) < 4.78 is 12.0. The number of nitrogen functional groups attached to an aromatic ring is 1. The van der Waals surface area contributed by atoms with Gasteiger partial charge >= 0.3 is 6.01 Å². The number of aromatic nitrogens is 4. The molecule has 0 unspecified atom stereocenters. The molecule has 0 saturated carbocycles. The molecule has 2 aromatic heterocycles. The average molecular weight is 297 g/mol. The highest BCUT2D eigenvalue weighted by Crippen LogP contribution is 2.35. The maximum absolute atomic E-state index is 10.1. The second-order valence-electron chi connectivity index (χ2n) is 4.63. The molecule has 1 aliphatic heterocycles. The molecule has 4 atom stereocenters. The minimum Gasteiger partial charge on any atom is -0.468 e. The molecule has 0 aromatic carbocycles. The summed E-state index contributed by atoms with van der Waals surface area (Å²) in [6.07, 6.45) is -3.18. The zero-order valence-electron chi connectivity index (χ0n) is 11.1. The van der Waals surface area contributed by atoms with Crippen LogP contribution in [0.15, 0.2) is 6.33 Å². The van der Waals surface area contributed by atoms with Crippen LogP contribution in [-0.4, -0.2) is 66.9 Å². The van der Waals surface area contributed by atoms with Gasteiger partial charge < -0.3 is 30.5 Å². The normalized spacial score (nSPS) is 29.1. The Morgan fingerprint density at radius 1 is 1.38 bits per heavy atom. The number of aliphatic hydroxyl groups is 3. The van der Waals surface area contributed by atoms with Gasteiger partial charge in [-0.3, -0.25) is 0 Å². The van der Waals surface area contributed by atoms with Gasteiger partial charge in [0.15, 0.2) is 23.2 Å². The van der Waals surface area contributed by atoms with Crippen LogP contribution in [0, 0.1) is 0 Å². The predicted molar refractivity (Wildman–Crippen MR) is 69.3 cm³/mol. The van der Waals surface area contributed by atoms with Gasteiger partial charge in [-0.05, 0) is 0 Å². The highest BCUT2D eigenvalue weighted by molar-refractivity contribution is 5.82. The topological polar surface area (TPSA) is 149 Å². The Bertz CT molecular complexity index is 662. The van der Waals surface area contributed by atoms with Crippen molar-refractivity contribution in [2.75, 3.05) is 19.5 Å². The first-order valence-electron chi connectivity index (χ1n) is 6.23. The van der Waals surface area contributed by atoms with E-state index in [-0.39, 0.29) is 11.8 Å². The number of fused-ring (bicyclic) bond motifs is 1. The van der Waals surface area contributed by atoms with Crippen LogP contribution < -0.4 is 10.5 Å². The Morgan fingerprint density at radius 2 is 2.14 bits per heavy atom. The second-order valence-corrected chi connectivity index (χ2v) is 4.63. The molecule has 1 saturated heterocycles. The van der Waals surface area contributed by atoms with Crippen LogP contribution in [0.4, 0.5) is 5.82 Å². The molecule has 10 nitrogen and oxygen atoms in total. The Labute approximate surface area is 118 Å². The summed E-state index contributed by atoms with van der Waals surface area (Å²) in [5, 5.41) is 29.1. The van der Waals surface area contributed by atoms with Crippen molar-refractivity contribution in [3.8, 4) is 6.01 Å². The van der Waals surface area contributed by atoms with E-state index in [9.17, 15) is 10.2 Å². The van der Waals surface area contributed by atoms with E-state index < -0.39 is 31.1 Å². The van der Waals surface area contributed by atoms with Crippen molar-refractivity contribution in [2.24, 2.45) is 0 Å². The third-order valence-corrected chi connectivity index (χ3v) is 3.43. The molecule has 0 aliphatic carbocycles. The molecule has 10 heteroatoms. The van der Waals surface area contributed by atoms with Crippen LogP contribution >= 0.6 is 0 Å². The molecule has 5 N–H and O–H groups in total. The molecule has 2 aromatic rings. The first-order valence-corrected chi connectivity index (χ1v) is 6.23. The van der Waals surface area contributed by atoms with Crippen LogP contribution in [0.1, 0.15) is 6.23 Å². The number of hydrogen-bond donors (Lipinski definition) is 4. The molecule has 21 heavy (non-hydrogen) atoms. The van der Waals surface area contributed by atoms with Crippen LogP contribution in [-0.2, 0) is 4.74 Å². The van der Waals surface area contributed by atoms with E-state index in [2.05, 4.69) is 15.0 Å². The highest BCUT2D eigenvalue weighted by atomic mass is 16.6. The summed E-state index contributed by atoms with van der Waals surface area (Å²) in [5.74, 6) is 0.156. The maximum atomic E-state index is 10.1. The van der Waals surface area contributed by atoms with Crippen molar-refractivity contribution in [3.05, 3.63) is 6.33 Å². The summed E-state index contributed by atoms with van der Waals surface area (Å²) >= 11 is 0. The number of hydrogen-bond acceptors (Lipinski definition) is 9. The molecular weight excluding hydrogens is 282 g/mol. The van der Waals surface area contributed by atoms with Gasteiger partial charge in [0.05, 0.1) is 13.7 Å². The number of nitrogens with two attached hydrogens (primary N) is 1. The summed E-state index contributed by atoms with van der Waals surface area (Å²) in [5.41, 5.74) is 6.33. The van der Waals surface area contributed by atoms with Gasteiger partial charge in [0.2, 0.25) is 0 Å². The number of ether oxygens (including phenoxy) is 2. The molecule has 3 heterocycles. The summed E-state index contributed by atoms with van der Waals surface area (Å²) in [6, 6.07) is 0.104. The van der Waals surface area contributed by atoms with Gasteiger partial charge in [0.25, 0.3) is 0 Å². The number of nitrogens with zero attached hydrogens (tertiary/aromatic N) is 4. The van der Waals surface area contributed by atoms with E-state index in [1.54, 1.807) is 0 Å². The molecule has 1 fully saturated rings. The lowest BCUT2D eigenvalue weighted by molar-refractivity contribution is -0.0537. The van der Waals surface area contributed by atoms with Crippen molar-refractivity contribution < 1.29 is 24.8 Å². The molecule has 0 amide bonds. The Kier molecular flexibility index (Phi) is 3.37. The molecule has 0 radical (unpaired) electrons. The van der Waals surface area contributed by atoms with Crippen molar-refractivity contribution in [2.45, 2.75) is 24.5 Å². The van der Waals surface area contributed by atoms with E-state index in [4.69, 9.17) is 20.3 Å². The van der Waals surface area contributed by atoms with Crippen molar-refractivity contribution in [3.63, 3.8) is 0 Å². The highest BCUT2D eigenvalue weighted by Gasteiger charge is 2.45. The summed E-state index contributed by atoms with van der Waals surface area (Å²) in [7, 11) is 1.39. The second kappa shape index (κ2) is 5.07. The third kappa shape index (κ3) is 2.00. The minimum atomic E-state index is -1.27. The van der Waals surface area contributed by atoms with Gasteiger partial charge in [0, 0.05) is 0 Å². The Hall–Kier alpha value is -2.01. The fraction of sp³-hybridized carbons (Fsp3) is 0.545. The summed E-state index contributed by atoms with van der Waals surface area (Å²) in [6.45, 7) is -0.430. The largest absolute Gasteiger partial charge is 0.468 e. The van der Waals surface area contributed by atoms with Crippen LogP contribution in [0.25, 0.3) is 11.2 Å². The van der Waals surface area contributed by atoms with Crippen molar-refractivity contribution >= 4 is 17.0 Å². The first-order chi connectivity index (χ1) is 10.1. The quantitative estimate of drug-likeness (QED) is 0.506. The Balaban J connectivity index is 2.14. The van der Waals surface area contributed by atoms with Crippen molar-refractivity contribution in [1.29, 1.82) is 0 Å². The number of imidazole rings is 1. The third-order valence-electron chi connectivity index (χ3n) is 3.43. The summed E-state index contributed by atoms with van der Waals surface area (Å²) in [4.78, 5) is 12.0. The van der Waals surface area contributed by atoms with Gasteiger partial charge in [-0.25, -0.2) is 14.5 Å². The van der Waals surface area contributed by atoms with E-state index in [1.807, 2.05) is 0 Å². The number of methoxy groups -OCH3 is 1. The average Bonchev–Trinajstić information content (AvgIpc) is 2.99. The lowest BCUT2D eigenvalue weighted by Gasteiger charge is -2.18. The molecular formula is C11H15N5O5. The minimum absolute atomic E-state index is 0.104. The van der Waals surface area contributed by atoms with Crippen molar-refractivity contribution in [1.82, 2.24) is 19.5 Å². The lowest BCUT2D eigenvalue weighted by Crippen LogP contribution is -2.33. The van der Waals surface area contributed by atoms with Gasteiger partial charge in [-0.2, -0.15) is 4.98 Å². The molecule has 0 spiro atoms. The number of anilines is 1.